The van der Waals surface area contributed by atoms with Crippen LogP contribution >= 0.6 is 0 Å². The molecule has 0 spiro atoms. The summed E-state index contributed by atoms with van der Waals surface area (Å²) in [5.74, 6) is 0.266. The summed E-state index contributed by atoms with van der Waals surface area (Å²) in [7, 11) is 2.11. The van der Waals surface area contributed by atoms with Crippen LogP contribution in [-0.2, 0) is 0 Å². The van der Waals surface area contributed by atoms with Crippen LogP contribution in [0.25, 0.3) is 0 Å². The van der Waals surface area contributed by atoms with E-state index in [9.17, 15) is 4.39 Å². The molecule has 4 nitrogen and oxygen atoms in total. The molecule has 2 rings (SSSR count). The number of likely N-dealkylation sites (tertiary alicyclic amines) is 1. The molecule has 1 fully saturated rings. The van der Waals surface area contributed by atoms with Gasteiger partial charge in [0.15, 0.2) is 11.6 Å². The summed E-state index contributed by atoms with van der Waals surface area (Å²) in [6.45, 7) is 4.12. The third-order valence-corrected chi connectivity index (χ3v) is 3.88. The van der Waals surface area contributed by atoms with Gasteiger partial charge >= 0.3 is 0 Å². The van der Waals surface area contributed by atoms with E-state index < -0.39 is 5.82 Å². The Bertz CT molecular complexity index is 468. The summed E-state index contributed by atoms with van der Waals surface area (Å²) in [6, 6.07) is 3.22. The largest absolute Gasteiger partial charge is 0.490 e. The Morgan fingerprint density at radius 3 is 2.81 bits per heavy atom. The molecule has 0 aliphatic carbocycles. The first kappa shape index (κ1) is 15.9. The summed E-state index contributed by atoms with van der Waals surface area (Å²) in [4.78, 5) is 2.30. The van der Waals surface area contributed by atoms with Crippen molar-refractivity contribution in [1.29, 1.82) is 0 Å². The summed E-state index contributed by atoms with van der Waals surface area (Å²) < 4.78 is 24.9. The van der Waals surface area contributed by atoms with Crippen LogP contribution in [0.1, 0.15) is 32.6 Å². The fraction of sp³-hybridized carbons (Fsp3) is 0.625. The minimum absolute atomic E-state index is 0.207. The molecule has 1 aliphatic rings. The lowest BCUT2D eigenvalue weighted by molar-refractivity contribution is 0.125. The first-order valence-electron chi connectivity index (χ1n) is 7.66. The number of piperidine rings is 1. The number of halogens is 1. The van der Waals surface area contributed by atoms with Crippen molar-refractivity contribution in [3.8, 4) is 11.5 Å². The van der Waals surface area contributed by atoms with Crippen LogP contribution < -0.4 is 15.2 Å². The van der Waals surface area contributed by atoms with Gasteiger partial charge in [0.1, 0.15) is 12.4 Å². The number of rotatable bonds is 6. The van der Waals surface area contributed by atoms with E-state index in [0.29, 0.717) is 30.7 Å². The summed E-state index contributed by atoms with van der Waals surface area (Å²) >= 11 is 0. The van der Waals surface area contributed by atoms with Gasteiger partial charge in [0, 0.05) is 18.2 Å². The number of hydrogen-bond acceptors (Lipinski definition) is 4. The van der Waals surface area contributed by atoms with Gasteiger partial charge in [0.05, 0.1) is 12.3 Å². The van der Waals surface area contributed by atoms with Crippen molar-refractivity contribution in [2.45, 2.75) is 38.6 Å². The number of ether oxygens (including phenoxy) is 2. The van der Waals surface area contributed by atoms with Gasteiger partial charge in [-0.15, -0.1) is 0 Å². The maximum absolute atomic E-state index is 13.7. The molecule has 0 aromatic heterocycles. The second kappa shape index (κ2) is 7.50. The normalized spacial score (nSPS) is 19.5. The van der Waals surface area contributed by atoms with E-state index in [0.717, 1.165) is 19.4 Å². The molecule has 1 aromatic carbocycles. The van der Waals surface area contributed by atoms with Gasteiger partial charge in [-0.3, -0.25) is 0 Å². The van der Waals surface area contributed by atoms with Gasteiger partial charge in [-0.25, -0.2) is 4.39 Å². The lowest BCUT2D eigenvalue weighted by Gasteiger charge is -2.32. The van der Waals surface area contributed by atoms with Gasteiger partial charge in [-0.2, -0.15) is 0 Å². The summed E-state index contributed by atoms with van der Waals surface area (Å²) in [5, 5.41) is 0. The molecule has 0 amide bonds. The highest BCUT2D eigenvalue weighted by Gasteiger charge is 2.20. The number of nitrogen functional groups attached to an aromatic ring is 1. The predicted octanol–water partition coefficient (Wildman–Crippen LogP) is 3.06. The van der Waals surface area contributed by atoms with E-state index in [-0.39, 0.29) is 5.75 Å². The Balaban J connectivity index is 2.01. The Kier molecular flexibility index (Phi) is 5.67. The van der Waals surface area contributed by atoms with E-state index in [1.54, 1.807) is 6.07 Å². The van der Waals surface area contributed by atoms with E-state index in [1.165, 1.54) is 18.9 Å². The van der Waals surface area contributed by atoms with Gasteiger partial charge in [-0.05, 0) is 32.9 Å². The molecule has 1 aliphatic heterocycles. The molecular formula is C16H25FN2O2. The smallest absolute Gasteiger partial charge is 0.167 e. The molecule has 2 N–H and O–H groups in total. The zero-order chi connectivity index (χ0) is 15.2. The van der Waals surface area contributed by atoms with Crippen molar-refractivity contribution in [3.05, 3.63) is 17.9 Å². The first-order chi connectivity index (χ1) is 10.1. The summed E-state index contributed by atoms with van der Waals surface area (Å²) in [5.41, 5.74) is 6.15. The van der Waals surface area contributed by atoms with E-state index in [1.807, 2.05) is 6.92 Å². The molecule has 1 heterocycles. The maximum atomic E-state index is 13.7. The van der Waals surface area contributed by atoms with Crippen LogP contribution in [0.3, 0.4) is 0 Å². The lowest BCUT2D eigenvalue weighted by atomic mass is 10.0. The third kappa shape index (κ3) is 4.24. The number of likely N-dealkylation sites (N-methyl/N-ethyl adjacent to an activating group) is 1. The van der Waals surface area contributed by atoms with Gasteiger partial charge in [-0.1, -0.05) is 13.3 Å². The zero-order valence-electron chi connectivity index (χ0n) is 12.9. The van der Waals surface area contributed by atoms with E-state index >= 15 is 0 Å². The highest BCUT2D eigenvalue weighted by atomic mass is 19.1. The molecular weight excluding hydrogens is 271 g/mol. The molecule has 1 atom stereocenters. The minimum atomic E-state index is -0.442. The van der Waals surface area contributed by atoms with Crippen LogP contribution in [-0.4, -0.2) is 37.7 Å². The molecule has 21 heavy (non-hydrogen) atoms. The zero-order valence-corrected chi connectivity index (χ0v) is 12.9. The average Bonchev–Trinajstić information content (AvgIpc) is 2.47. The minimum Gasteiger partial charge on any atom is -0.490 e. The third-order valence-electron chi connectivity index (χ3n) is 3.88. The Morgan fingerprint density at radius 2 is 2.10 bits per heavy atom. The second-order valence-corrected chi connectivity index (χ2v) is 5.61. The first-order valence-corrected chi connectivity index (χ1v) is 7.66. The topological polar surface area (TPSA) is 47.7 Å². The average molecular weight is 296 g/mol. The predicted molar refractivity (Wildman–Crippen MR) is 82.4 cm³/mol. The fourth-order valence-corrected chi connectivity index (χ4v) is 2.54. The van der Waals surface area contributed by atoms with Crippen LogP contribution in [0.2, 0.25) is 0 Å². The van der Waals surface area contributed by atoms with Gasteiger partial charge in [0.25, 0.3) is 0 Å². The van der Waals surface area contributed by atoms with Crippen molar-refractivity contribution in [2.75, 3.05) is 32.5 Å². The Labute approximate surface area is 126 Å². The molecule has 0 saturated carbocycles. The number of benzene rings is 1. The SMILES string of the molecule is CCCOc1cc(OCC2CCCCN2C)c(N)cc1F. The number of hydrogen-bond donors (Lipinski definition) is 1. The number of anilines is 1. The Hall–Kier alpha value is -1.49. The molecule has 0 radical (unpaired) electrons. The highest BCUT2D eigenvalue weighted by Crippen LogP contribution is 2.31. The van der Waals surface area contributed by atoms with E-state index in [2.05, 4.69) is 11.9 Å². The monoisotopic (exact) mass is 296 g/mol. The summed E-state index contributed by atoms with van der Waals surface area (Å²) in [6.07, 6.45) is 4.41. The van der Waals surface area contributed by atoms with Crippen molar-refractivity contribution < 1.29 is 13.9 Å². The van der Waals surface area contributed by atoms with E-state index in [4.69, 9.17) is 15.2 Å². The van der Waals surface area contributed by atoms with Crippen LogP contribution in [0.15, 0.2) is 12.1 Å². The number of nitrogens with two attached hydrogens (primary N) is 1. The molecule has 118 valence electrons. The standard InChI is InChI=1S/C16H25FN2O2/c1-3-8-20-15-10-16(14(18)9-13(15)17)21-11-12-6-4-5-7-19(12)2/h9-10,12H,3-8,11,18H2,1-2H3. The molecule has 5 heteroatoms. The van der Waals surface area contributed by atoms with Gasteiger partial charge < -0.3 is 20.1 Å². The second-order valence-electron chi connectivity index (χ2n) is 5.61. The maximum Gasteiger partial charge on any atom is 0.167 e. The van der Waals surface area contributed by atoms with Crippen LogP contribution in [0.4, 0.5) is 10.1 Å². The van der Waals surface area contributed by atoms with Crippen molar-refractivity contribution in [3.63, 3.8) is 0 Å². The van der Waals surface area contributed by atoms with Crippen LogP contribution in [0.5, 0.6) is 11.5 Å². The molecule has 1 unspecified atom stereocenters. The molecule has 1 aromatic rings. The van der Waals surface area contributed by atoms with Crippen molar-refractivity contribution >= 4 is 5.69 Å². The van der Waals surface area contributed by atoms with Crippen molar-refractivity contribution in [1.82, 2.24) is 4.90 Å². The van der Waals surface area contributed by atoms with Crippen molar-refractivity contribution in [2.24, 2.45) is 0 Å². The highest BCUT2D eigenvalue weighted by molar-refractivity contribution is 5.56. The quantitative estimate of drug-likeness (QED) is 0.820. The number of nitrogens with zero attached hydrogens (tertiary/aromatic N) is 1. The van der Waals surface area contributed by atoms with Gasteiger partial charge in [0.2, 0.25) is 0 Å². The van der Waals surface area contributed by atoms with Crippen LogP contribution in [0, 0.1) is 5.82 Å². The molecule has 0 bridgehead atoms. The Morgan fingerprint density at radius 1 is 1.29 bits per heavy atom. The lowest BCUT2D eigenvalue weighted by Crippen LogP contribution is -2.40. The molecule has 1 saturated heterocycles. The fourth-order valence-electron chi connectivity index (χ4n) is 2.54.